The first kappa shape index (κ1) is 38.1. The Bertz CT molecular complexity index is 2460. The molecule has 0 unspecified atom stereocenters. The number of hydrazine groups is 1. The zero-order valence-electron chi connectivity index (χ0n) is 29.9. The number of nitrogens with one attached hydrogen (secondary N) is 1. The average Bonchev–Trinajstić information content (AvgIpc) is 3.54. The largest absolute Gasteiger partial charge is 0.507 e. The van der Waals surface area contributed by atoms with Crippen molar-refractivity contribution in [3.63, 3.8) is 0 Å². The van der Waals surface area contributed by atoms with E-state index in [4.69, 9.17) is 23.2 Å². The standard InChI is InChI=1S/C40H30Cl2F3N5O7/c1-18-12-20(13-19(2)33(18)51)32-26-10-11-27-31(37(54)48(35(27)52)24-4-3-5-25(15-24)50(56)57)28(26)16-29-36(53)49(38(55)39(29,32)21-6-8-23(41)9-7-21)47-34-30(42)14-22(17-46-34)40(43,44)45/h3-10,12-15,17,27-29,31-32,51H,11,16H2,1-2H3,(H,46,47)/t27-,28+,29-,31-,32-,39+/m0/s1. The number of pyridine rings is 1. The molecule has 0 spiro atoms. The Balaban J connectivity index is 1.32. The Labute approximate surface area is 332 Å². The highest BCUT2D eigenvalue weighted by molar-refractivity contribution is 6.33. The lowest BCUT2D eigenvalue weighted by Gasteiger charge is -2.50. The first-order chi connectivity index (χ1) is 26.9. The van der Waals surface area contributed by atoms with Gasteiger partial charge in [0.1, 0.15) is 5.75 Å². The second-order valence-electron chi connectivity index (χ2n) is 14.7. The molecule has 4 amide bonds. The van der Waals surface area contributed by atoms with Gasteiger partial charge in [0, 0.05) is 29.3 Å². The molecule has 292 valence electrons. The van der Waals surface area contributed by atoms with E-state index in [1.165, 1.54) is 18.2 Å². The minimum absolute atomic E-state index is 0.00481. The number of phenolic OH excluding ortho intramolecular Hbond substituents is 1. The molecule has 3 heterocycles. The summed E-state index contributed by atoms with van der Waals surface area (Å²) in [5.41, 5.74) is 1.75. The lowest BCUT2D eigenvalue weighted by atomic mass is 9.49. The van der Waals surface area contributed by atoms with Crippen LogP contribution in [0.5, 0.6) is 5.75 Å². The number of benzene rings is 3. The van der Waals surface area contributed by atoms with E-state index in [0.717, 1.165) is 11.0 Å². The Morgan fingerprint density at radius 2 is 1.63 bits per heavy atom. The van der Waals surface area contributed by atoms with Crippen LogP contribution in [-0.4, -0.2) is 43.7 Å². The van der Waals surface area contributed by atoms with E-state index < -0.39 is 86.1 Å². The Morgan fingerprint density at radius 1 is 0.947 bits per heavy atom. The lowest BCUT2D eigenvalue weighted by molar-refractivity contribution is -0.384. The molecule has 3 fully saturated rings. The zero-order chi connectivity index (χ0) is 40.9. The van der Waals surface area contributed by atoms with Gasteiger partial charge in [-0.3, -0.25) is 34.7 Å². The summed E-state index contributed by atoms with van der Waals surface area (Å²) in [4.78, 5) is 74.6. The van der Waals surface area contributed by atoms with Gasteiger partial charge in [0.2, 0.25) is 11.8 Å². The van der Waals surface area contributed by atoms with Crippen LogP contribution in [0, 0.1) is 47.6 Å². The molecule has 12 nitrogen and oxygen atoms in total. The summed E-state index contributed by atoms with van der Waals surface area (Å²) in [6.45, 7) is 3.35. The van der Waals surface area contributed by atoms with Gasteiger partial charge in [0.05, 0.1) is 44.4 Å². The first-order valence-corrected chi connectivity index (χ1v) is 18.5. The van der Waals surface area contributed by atoms with Crippen molar-refractivity contribution in [2.45, 2.75) is 44.2 Å². The number of amides is 4. The van der Waals surface area contributed by atoms with E-state index >= 15 is 4.79 Å². The van der Waals surface area contributed by atoms with Crippen LogP contribution in [0.1, 0.15) is 46.6 Å². The summed E-state index contributed by atoms with van der Waals surface area (Å²) in [6, 6.07) is 15.5. The number of imide groups is 2. The van der Waals surface area contributed by atoms with Crippen LogP contribution in [0.25, 0.3) is 0 Å². The second-order valence-corrected chi connectivity index (χ2v) is 15.6. The van der Waals surface area contributed by atoms with Gasteiger partial charge in [-0.1, -0.05) is 65.2 Å². The molecule has 2 N–H and O–H groups in total. The molecule has 6 atom stereocenters. The van der Waals surface area contributed by atoms with Crippen molar-refractivity contribution in [1.29, 1.82) is 0 Å². The van der Waals surface area contributed by atoms with E-state index in [9.17, 15) is 42.8 Å². The number of phenols is 1. The molecule has 17 heteroatoms. The number of alkyl halides is 3. The van der Waals surface area contributed by atoms with E-state index in [0.29, 0.717) is 50.1 Å². The molecule has 1 aromatic heterocycles. The molecule has 4 aromatic rings. The number of nitro benzene ring substituents is 1. The summed E-state index contributed by atoms with van der Waals surface area (Å²) < 4.78 is 40.5. The number of hydrogen-bond acceptors (Lipinski definition) is 9. The third kappa shape index (κ3) is 5.77. The molecule has 4 aliphatic rings. The molecule has 8 rings (SSSR count). The number of nitro groups is 1. The number of rotatable bonds is 6. The summed E-state index contributed by atoms with van der Waals surface area (Å²) in [6.07, 6.45) is -2.51. The highest BCUT2D eigenvalue weighted by atomic mass is 35.5. The van der Waals surface area contributed by atoms with Gasteiger partial charge >= 0.3 is 6.18 Å². The van der Waals surface area contributed by atoms with Crippen LogP contribution in [0.3, 0.4) is 0 Å². The second kappa shape index (κ2) is 13.4. The Kier molecular flexibility index (Phi) is 8.96. The van der Waals surface area contributed by atoms with Crippen molar-refractivity contribution in [3.8, 4) is 5.75 Å². The van der Waals surface area contributed by atoms with Crippen LogP contribution < -0.4 is 10.3 Å². The summed E-state index contributed by atoms with van der Waals surface area (Å²) in [5.74, 6) is -8.15. The molecule has 1 saturated carbocycles. The normalized spacial score (nSPS) is 25.6. The van der Waals surface area contributed by atoms with Crippen molar-refractivity contribution in [2.24, 2.45) is 23.7 Å². The van der Waals surface area contributed by atoms with Crippen molar-refractivity contribution >= 4 is 64.0 Å². The maximum atomic E-state index is 15.4. The van der Waals surface area contributed by atoms with E-state index in [-0.39, 0.29) is 30.0 Å². The van der Waals surface area contributed by atoms with Crippen LogP contribution in [0.2, 0.25) is 10.0 Å². The van der Waals surface area contributed by atoms with Crippen LogP contribution in [0.4, 0.5) is 30.4 Å². The van der Waals surface area contributed by atoms with Gasteiger partial charge in [-0.05, 0) is 79.1 Å². The number of non-ortho nitro benzene ring substituents is 1. The number of nitrogens with zero attached hydrogens (tertiary/aromatic N) is 4. The first-order valence-electron chi connectivity index (χ1n) is 17.7. The molecule has 0 radical (unpaired) electrons. The number of fused-ring (bicyclic) bond motifs is 4. The molecular formula is C40H30Cl2F3N5O7. The minimum Gasteiger partial charge on any atom is -0.507 e. The number of carbonyl (C=O) groups is 4. The lowest BCUT2D eigenvalue weighted by Crippen LogP contribution is -2.53. The number of allylic oxidation sites excluding steroid dienone is 2. The smallest absolute Gasteiger partial charge is 0.417 e. The van der Waals surface area contributed by atoms with E-state index in [2.05, 4.69) is 10.4 Å². The number of halogens is 5. The molecular weight excluding hydrogens is 790 g/mol. The van der Waals surface area contributed by atoms with E-state index in [1.807, 2.05) is 6.08 Å². The molecule has 57 heavy (non-hydrogen) atoms. The highest BCUT2D eigenvalue weighted by Gasteiger charge is 2.70. The molecule has 0 bridgehead atoms. The van der Waals surface area contributed by atoms with Crippen molar-refractivity contribution in [2.75, 3.05) is 10.3 Å². The number of aromatic hydroxyl groups is 1. The van der Waals surface area contributed by atoms with Gasteiger partial charge < -0.3 is 5.11 Å². The van der Waals surface area contributed by atoms with Crippen LogP contribution >= 0.6 is 23.2 Å². The number of hydrogen-bond donors (Lipinski definition) is 2. The summed E-state index contributed by atoms with van der Waals surface area (Å²) in [7, 11) is 0. The third-order valence-corrected chi connectivity index (χ3v) is 12.2. The number of aromatic nitrogens is 1. The Morgan fingerprint density at radius 3 is 2.26 bits per heavy atom. The number of aryl methyl sites for hydroxylation is 2. The minimum atomic E-state index is -4.78. The molecule has 3 aromatic carbocycles. The third-order valence-electron chi connectivity index (χ3n) is 11.7. The van der Waals surface area contributed by atoms with Gasteiger partial charge in [0.25, 0.3) is 17.5 Å². The van der Waals surface area contributed by atoms with Crippen molar-refractivity contribution in [3.05, 3.63) is 133 Å². The van der Waals surface area contributed by atoms with Gasteiger partial charge in [-0.15, -0.1) is 0 Å². The monoisotopic (exact) mass is 819 g/mol. The van der Waals surface area contributed by atoms with Crippen molar-refractivity contribution in [1.82, 2.24) is 9.99 Å². The topological polar surface area (TPSA) is 163 Å². The fraction of sp³-hybridized carbons (Fsp3) is 0.275. The van der Waals surface area contributed by atoms with Gasteiger partial charge in [-0.2, -0.15) is 18.2 Å². The maximum absolute atomic E-state index is 15.4. The predicted molar refractivity (Wildman–Crippen MR) is 200 cm³/mol. The maximum Gasteiger partial charge on any atom is 0.417 e. The number of carbonyl (C=O) groups excluding carboxylic acids is 4. The summed E-state index contributed by atoms with van der Waals surface area (Å²) >= 11 is 12.6. The predicted octanol–water partition coefficient (Wildman–Crippen LogP) is 7.83. The zero-order valence-corrected chi connectivity index (χ0v) is 31.4. The molecule has 2 aliphatic heterocycles. The summed E-state index contributed by atoms with van der Waals surface area (Å²) in [5, 5.41) is 23.0. The molecule has 2 aliphatic carbocycles. The van der Waals surface area contributed by atoms with Crippen LogP contribution in [-0.2, 0) is 30.8 Å². The quantitative estimate of drug-likeness (QED) is 0.0855. The molecule has 2 saturated heterocycles. The highest BCUT2D eigenvalue weighted by Crippen LogP contribution is 2.64. The van der Waals surface area contributed by atoms with Crippen molar-refractivity contribution < 1.29 is 42.4 Å². The average molecular weight is 821 g/mol. The fourth-order valence-electron chi connectivity index (χ4n) is 9.31. The van der Waals surface area contributed by atoms with Gasteiger partial charge in [0.15, 0.2) is 5.82 Å². The van der Waals surface area contributed by atoms with E-state index in [1.54, 1.807) is 50.2 Å². The fourth-order valence-corrected chi connectivity index (χ4v) is 9.65. The SMILES string of the molecule is Cc1cc([C@H]2C3=CC[C@@H]4C(=O)N(c5cccc([N+](=O)[O-])c5)C(=O)[C@@H]4[C@@H]3C[C@H]3C(=O)N(Nc4ncc(C(F)(F)F)cc4Cl)C(=O)[C@@]23c2ccc(Cl)cc2)cc(C)c1O. The number of anilines is 2. The van der Waals surface area contributed by atoms with Crippen LogP contribution in [0.15, 0.2) is 84.6 Å². The Hall–Kier alpha value is -5.80. The van der Waals surface area contributed by atoms with Gasteiger partial charge in [-0.25, -0.2) is 9.88 Å².